The van der Waals surface area contributed by atoms with E-state index >= 15 is 0 Å². The zero-order chi connectivity index (χ0) is 17.3. The quantitative estimate of drug-likeness (QED) is 0.820. The predicted molar refractivity (Wildman–Crippen MR) is 94.4 cm³/mol. The van der Waals surface area contributed by atoms with Crippen molar-refractivity contribution in [3.8, 4) is 0 Å². The van der Waals surface area contributed by atoms with E-state index in [2.05, 4.69) is 26.6 Å². The van der Waals surface area contributed by atoms with Gasteiger partial charge in [-0.3, -0.25) is 9.59 Å². The summed E-state index contributed by atoms with van der Waals surface area (Å²) < 4.78 is 14.6. The van der Waals surface area contributed by atoms with Gasteiger partial charge in [0.15, 0.2) is 0 Å². The topological polar surface area (TPSA) is 58.2 Å². The molecule has 0 radical (unpaired) electrons. The minimum absolute atomic E-state index is 0.0498. The van der Waals surface area contributed by atoms with E-state index in [-0.39, 0.29) is 17.5 Å². The fourth-order valence-electron chi connectivity index (χ4n) is 2.68. The lowest BCUT2D eigenvalue weighted by molar-refractivity contribution is -0.118. The van der Waals surface area contributed by atoms with Crippen molar-refractivity contribution in [2.75, 3.05) is 10.6 Å². The molecular formula is C18H16BrFN2O2. The Morgan fingerprint density at radius 3 is 2.33 bits per heavy atom. The minimum atomic E-state index is -0.544. The summed E-state index contributed by atoms with van der Waals surface area (Å²) in [5, 5.41) is 5.24. The lowest BCUT2D eigenvalue weighted by atomic mass is 9.95. The van der Waals surface area contributed by atoms with Crippen LogP contribution in [0.5, 0.6) is 0 Å². The van der Waals surface area contributed by atoms with E-state index in [1.807, 2.05) is 24.3 Å². The molecule has 0 heterocycles. The maximum atomic E-state index is 13.7. The Kier molecular flexibility index (Phi) is 4.41. The van der Waals surface area contributed by atoms with Crippen LogP contribution in [0.25, 0.3) is 0 Å². The summed E-state index contributed by atoms with van der Waals surface area (Å²) in [6.45, 7) is 1.30. The van der Waals surface area contributed by atoms with Crippen LogP contribution in [0.2, 0.25) is 0 Å². The number of nitrogens with one attached hydrogen (secondary N) is 2. The molecule has 24 heavy (non-hydrogen) atoms. The molecule has 1 aliphatic rings. The molecule has 1 saturated carbocycles. The van der Waals surface area contributed by atoms with Crippen LogP contribution in [0.4, 0.5) is 15.8 Å². The van der Waals surface area contributed by atoms with Gasteiger partial charge in [-0.1, -0.05) is 28.1 Å². The Morgan fingerprint density at radius 1 is 1.08 bits per heavy atom. The van der Waals surface area contributed by atoms with Gasteiger partial charge in [-0.25, -0.2) is 4.39 Å². The van der Waals surface area contributed by atoms with Gasteiger partial charge in [-0.05, 0) is 48.7 Å². The number of carbonyl (C=O) groups excluding carboxylic acids is 2. The number of benzene rings is 2. The molecule has 3 rings (SSSR count). The van der Waals surface area contributed by atoms with Gasteiger partial charge in [0.25, 0.3) is 0 Å². The van der Waals surface area contributed by atoms with Crippen LogP contribution in [0.3, 0.4) is 0 Å². The van der Waals surface area contributed by atoms with Crippen LogP contribution >= 0.6 is 15.9 Å². The molecule has 0 aliphatic heterocycles. The summed E-state index contributed by atoms with van der Waals surface area (Å²) >= 11 is 3.39. The fourth-order valence-corrected chi connectivity index (χ4v) is 2.94. The fraction of sp³-hybridized carbons (Fsp3) is 0.222. The molecule has 0 aromatic heterocycles. The van der Waals surface area contributed by atoms with Crippen molar-refractivity contribution in [1.29, 1.82) is 0 Å². The SMILES string of the molecule is CC(=O)Nc1cc(NC(=O)C2(c3ccc(Br)cc3)CC2)ccc1F. The highest BCUT2D eigenvalue weighted by molar-refractivity contribution is 9.10. The first-order valence-electron chi connectivity index (χ1n) is 7.55. The predicted octanol–water partition coefficient (Wildman–Crippen LogP) is 4.22. The van der Waals surface area contributed by atoms with Crippen LogP contribution in [-0.4, -0.2) is 11.8 Å². The lowest BCUT2D eigenvalue weighted by Gasteiger charge is -2.16. The first-order chi connectivity index (χ1) is 11.4. The molecule has 0 bridgehead atoms. The molecular weight excluding hydrogens is 375 g/mol. The summed E-state index contributed by atoms with van der Waals surface area (Å²) in [7, 11) is 0. The maximum absolute atomic E-state index is 13.7. The third-order valence-electron chi connectivity index (χ3n) is 4.12. The second kappa shape index (κ2) is 6.36. The number of hydrogen-bond acceptors (Lipinski definition) is 2. The molecule has 6 heteroatoms. The molecule has 0 spiro atoms. The van der Waals surface area contributed by atoms with Gasteiger partial charge < -0.3 is 10.6 Å². The molecule has 1 fully saturated rings. The molecule has 4 nitrogen and oxygen atoms in total. The highest BCUT2D eigenvalue weighted by Gasteiger charge is 2.51. The minimum Gasteiger partial charge on any atom is -0.325 e. The van der Waals surface area contributed by atoms with E-state index in [4.69, 9.17) is 0 Å². The van der Waals surface area contributed by atoms with Crippen molar-refractivity contribution in [3.05, 3.63) is 58.3 Å². The van der Waals surface area contributed by atoms with Gasteiger partial charge in [0.2, 0.25) is 11.8 Å². The van der Waals surface area contributed by atoms with Gasteiger partial charge in [0, 0.05) is 17.1 Å². The molecule has 124 valence electrons. The normalized spacial score (nSPS) is 14.8. The number of carbonyl (C=O) groups is 2. The van der Waals surface area contributed by atoms with Gasteiger partial charge in [-0.2, -0.15) is 0 Å². The maximum Gasteiger partial charge on any atom is 0.235 e. The third-order valence-corrected chi connectivity index (χ3v) is 4.65. The number of halogens is 2. The van der Waals surface area contributed by atoms with Crippen molar-refractivity contribution in [2.45, 2.75) is 25.2 Å². The van der Waals surface area contributed by atoms with Crippen LogP contribution in [0, 0.1) is 5.82 Å². The van der Waals surface area contributed by atoms with E-state index in [1.165, 1.54) is 25.1 Å². The Balaban J connectivity index is 1.80. The summed E-state index contributed by atoms with van der Waals surface area (Å²) in [5.41, 5.74) is 0.943. The van der Waals surface area contributed by atoms with Gasteiger partial charge in [0.05, 0.1) is 11.1 Å². The number of amides is 2. The first kappa shape index (κ1) is 16.6. The van der Waals surface area contributed by atoms with E-state index in [0.29, 0.717) is 5.69 Å². The highest BCUT2D eigenvalue weighted by atomic mass is 79.9. The van der Waals surface area contributed by atoms with Crippen molar-refractivity contribution >= 4 is 39.1 Å². The largest absolute Gasteiger partial charge is 0.325 e. The summed E-state index contributed by atoms with van der Waals surface area (Å²) in [4.78, 5) is 23.8. The highest BCUT2D eigenvalue weighted by Crippen LogP contribution is 2.49. The van der Waals surface area contributed by atoms with E-state index in [0.717, 1.165) is 22.9 Å². The van der Waals surface area contributed by atoms with Crippen molar-refractivity contribution in [2.24, 2.45) is 0 Å². The van der Waals surface area contributed by atoms with Crippen LogP contribution in [0.15, 0.2) is 46.9 Å². The molecule has 0 saturated heterocycles. The number of hydrogen-bond donors (Lipinski definition) is 2. The molecule has 2 aromatic carbocycles. The Hall–Kier alpha value is -2.21. The second-order valence-electron chi connectivity index (χ2n) is 5.92. The molecule has 2 amide bonds. The monoisotopic (exact) mass is 390 g/mol. The van der Waals surface area contributed by atoms with Gasteiger partial charge in [-0.15, -0.1) is 0 Å². The lowest BCUT2D eigenvalue weighted by Crippen LogP contribution is -2.27. The van der Waals surface area contributed by atoms with Gasteiger partial charge in [0.1, 0.15) is 5.82 Å². The summed E-state index contributed by atoms with van der Waals surface area (Å²) in [6.07, 6.45) is 1.56. The van der Waals surface area contributed by atoms with Crippen molar-refractivity contribution < 1.29 is 14.0 Å². The standard InChI is InChI=1S/C18H16BrFN2O2/c1-11(23)21-16-10-14(6-7-15(16)20)22-17(24)18(8-9-18)12-2-4-13(19)5-3-12/h2-7,10H,8-9H2,1H3,(H,21,23)(H,22,24). The van der Waals surface area contributed by atoms with Crippen LogP contribution in [0.1, 0.15) is 25.3 Å². The second-order valence-corrected chi connectivity index (χ2v) is 6.83. The molecule has 2 aromatic rings. The van der Waals surface area contributed by atoms with E-state index in [9.17, 15) is 14.0 Å². The van der Waals surface area contributed by atoms with Crippen molar-refractivity contribution in [1.82, 2.24) is 0 Å². The van der Waals surface area contributed by atoms with Crippen molar-refractivity contribution in [3.63, 3.8) is 0 Å². The average Bonchev–Trinajstić information content (AvgIpc) is 3.32. The smallest absolute Gasteiger partial charge is 0.235 e. The van der Waals surface area contributed by atoms with Crippen LogP contribution in [-0.2, 0) is 15.0 Å². The van der Waals surface area contributed by atoms with Crippen LogP contribution < -0.4 is 10.6 Å². The van der Waals surface area contributed by atoms with E-state index in [1.54, 1.807) is 0 Å². The zero-order valence-corrected chi connectivity index (χ0v) is 14.6. The zero-order valence-electron chi connectivity index (χ0n) is 13.0. The van der Waals surface area contributed by atoms with Gasteiger partial charge >= 0.3 is 0 Å². The average molecular weight is 391 g/mol. The third kappa shape index (κ3) is 3.33. The Morgan fingerprint density at radius 2 is 1.75 bits per heavy atom. The Bertz CT molecular complexity index is 801. The van der Waals surface area contributed by atoms with E-state index < -0.39 is 11.2 Å². The molecule has 1 aliphatic carbocycles. The molecule has 2 N–H and O–H groups in total. The summed E-state index contributed by atoms with van der Waals surface area (Å²) in [6, 6.07) is 11.8. The summed E-state index contributed by atoms with van der Waals surface area (Å²) in [5.74, 6) is -1.03. The first-order valence-corrected chi connectivity index (χ1v) is 8.35. The Labute approximate surface area is 147 Å². The molecule has 0 unspecified atom stereocenters. The number of rotatable bonds is 4. The number of anilines is 2. The molecule has 0 atom stereocenters.